The second-order valence-electron chi connectivity index (χ2n) is 8.60. The van der Waals surface area contributed by atoms with E-state index in [2.05, 4.69) is 4.98 Å². The van der Waals surface area contributed by atoms with Crippen LogP contribution in [0.15, 0.2) is 29.3 Å². The summed E-state index contributed by atoms with van der Waals surface area (Å²) in [6, 6.07) is 2.90. The first kappa shape index (κ1) is 25.1. The van der Waals surface area contributed by atoms with Crippen LogP contribution < -0.4 is 4.72 Å². The monoisotopic (exact) mass is 512 g/mol. The summed E-state index contributed by atoms with van der Waals surface area (Å²) in [6.45, 7) is 1.98. The fraction of sp³-hybridized carbons (Fsp3) is 0.391. The molecule has 1 aliphatic rings. The third-order valence-corrected chi connectivity index (χ3v) is 7.85. The lowest BCUT2D eigenvalue weighted by atomic mass is 10.1. The zero-order valence-electron chi connectivity index (χ0n) is 18.7. The minimum atomic E-state index is -4.78. The molecule has 1 unspecified atom stereocenters. The molecule has 6 nitrogen and oxygen atoms in total. The molecule has 4 rings (SSSR count). The molecular weight excluding hydrogens is 491 g/mol. The molecule has 0 spiro atoms. The van der Waals surface area contributed by atoms with E-state index in [1.165, 1.54) is 13.0 Å². The van der Waals surface area contributed by atoms with Gasteiger partial charge in [0, 0.05) is 23.2 Å². The molecule has 0 aliphatic heterocycles. The molecule has 1 atom stereocenters. The Morgan fingerprint density at radius 1 is 1.23 bits per heavy atom. The zero-order valence-corrected chi connectivity index (χ0v) is 19.6. The first-order chi connectivity index (χ1) is 16.4. The average molecular weight is 513 g/mol. The van der Waals surface area contributed by atoms with Crippen LogP contribution in [0, 0.1) is 29.9 Å². The molecule has 12 heteroatoms. The van der Waals surface area contributed by atoms with Crippen LogP contribution in [0.4, 0.5) is 22.0 Å². The number of benzene rings is 1. The van der Waals surface area contributed by atoms with Crippen LogP contribution >= 0.6 is 0 Å². The van der Waals surface area contributed by atoms with Gasteiger partial charge in [-0.25, -0.2) is 17.2 Å². The number of halogens is 5. The highest BCUT2D eigenvalue weighted by Crippen LogP contribution is 2.42. The molecule has 0 saturated heterocycles. The van der Waals surface area contributed by atoms with Gasteiger partial charge in [0.15, 0.2) is 5.82 Å². The maximum absolute atomic E-state index is 15.3. The van der Waals surface area contributed by atoms with E-state index in [0.29, 0.717) is 19.8 Å². The lowest BCUT2D eigenvalue weighted by Crippen LogP contribution is -2.42. The SMILES string of the molecule is Cc1c(F)cc2c(C#N)c(-c3ccc(S(=O)(=O)NC(C)C(F)(F)F)cn3)n(C3CCCC3)c2c1F. The Kier molecular flexibility index (Phi) is 6.36. The van der Waals surface area contributed by atoms with Gasteiger partial charge < -0.3 is 4.57 Å². The number of hydrogen-bond donors (Lipinski definition) is 1. The van der Waals surface area contributed by atoms with Crippen molar-refractivity contribution in [1.29, 1.82) is 5.26 Å². The van der Waals surface area contributed by atoms with Gasteiger partial charge in [-0.2, -0.15) is 23.2 Å². The van der Waals surface area contributed by atoms with Crippen molar-refractivity contribution >= 4 is 20.9 Å². The van der Waals surface area contributed by atoms with E-state index >= 15 is 4.39 Å². The van der Waals surface area contributed by atoms with Gasteiger partial charge in [0.25, 0.3) is 0 Å². The largest absolute Gasteiger partial charge is 0.404 e. The Morgan fingerprint density at radius 2 is 1.89 bits per heavy atom. The Labute approximate surface area is 198 Å². The highest BCUT2D eigenvalue weighted by molar-refractivity contribution is 7.89. The molecule has 3 aromatic rings. The molecule has 1 fully saturated rings. The van der Waals surface area contributed by atoms with Crippen LogP contribution in [-0.2, 0) is 10.0 Å². The number of fused-ring (bicyclic) bond motifs is 1. The summed E-state index contributed by atoms with van der Waals surface area (Å²) >= 11 is 0. The lowest BCUT2D eigenvalue weighted by Gasteiger charge is -2.19. The number of nitrogens with zero attached hydrogens (tertiary/aromatic N) is 3. The molecule has 0 bridgehead atoms. The van der Waals surface area contributed by atoms with Crippen molar-refractivity contribution in [3.05, 3.63) is 47.2 Å². The van der Waals surface area contributed by atoms with Gasteiger partial charge in [0.2, 0.25) is 10.0 Å². The zero-order chi connectivity index (χ0) is 25.7. The maximum Gasteiger partial charge on any atom is 0.404 e. The number of hydrogen-bond acceptors (Lipinski definition) is 4. The summed E-state index contributed by atoms with van der Waals surface area (Å²) in [5.74, 6) is -1.60. The van der Waals surface area contributed by atoms with Crippen LogP contribution in [0.2, 0.25) is 0 Å². The van der Waals surface area contributed by atoms with Crippen molar-refractivity contribution in [2.45, 2.75) is 62.7 Å². The average Bonchev–Trinajstić information content (AvgIpc) is 3.42. The maximum atomic E-state index is 15.3. The molecular formula is C23H21F5N4O2S. The Bertz CT molecular complexity index is 1430. The summed E-state index contributed by atoms with van der Waals surface area (Å²) in [7, 11) is -4.54. The van der Waals surface area contributed by atoms with Crippen molar-refractivity contribution in [3.63, 3.8) is 0 Å². The highest BCUT2D eigenvalue weighted by Gasteiger charge is 2.39. The predicted octanol–water partition coefficient (Wildman–Crippen LogP) is 5.51. The van der Waals surface area contributed by atoms with Crippen molar-refractivity contribution < 1.29 is 30.4 Å². The lowest BCUT2D eigenvalue weighted by molar-refractivity contribution is -0.147. The molecule has 0 amide bonds. The summed E-state index contributed by atoms with van der Waals surface area (Å²) in [4.78, 5) is 3.60. The Hall–Kier alpha value is -3.04. The van der Waals surface area contributed by atoms with E-state index < -0.39 is 38.8 Å². The number of pyridine rings is 1. The minimum Gasteiger partial charge on any atom is -0.333 e. The number of sulfonamides is 1. The van der Waals surface area contributed by atoms with Gasteiger partial charge in [-0.3, -0.25) is 4.98 Å². The van der Waals surface area contributed by atoms with Gasteiger partial charge >= 0.3 is 6.18 Å². The number of nitriles is 1. The van der Waals surface area contributed by atoms with Gasteiger partial charge in [-0.05, 0) is 44.9 Å². The van der Waals surface area contributed by atoms with Crippen molar-refractivity contribution in [2.24, 2.45) is 0 Å². The van der Waals surface area contributed by atoms with Crippen LogP contribution in [0.5, 0.6) is 0 Å². The molecule has 1 aliphatic carbocycles. The van der Waals surface area contributed by atoms with E-state index in [4.69, 9.17) is 0 Å². The van der Waals surface area contributed by atoms with E-state index in [-0.39, 0.29) is 39.5 Å². The fourth-order valence-electron chi connectivity index (χ4n) is 4.43. The van der Waals surface area contributed by atoms with E-state index in [0.717, 1.165) is 31.2 Å². The quantitative estimate of drug-likeness (QED) is 0.457. The number of rotatable bonds is 5. The Morgan fingerprint density at radius 3 is 2.43 bits per heavy atom. The van der Waals surface area contributed by atoms with Crippen LogP contribution in [-0.4, -0.2) is 30.2 Å². The molecule has 35 heavy (non-hydrogen) atoms. The van der Waals surface area contributed by atoms with Crippen LogP contribution in [0.1, 0.15) is 49.8 Å². The molecule has 2 heterocycles. The van der Waals surface area contributed by atoms with Crippen LogP contribution in [0.3, 0.4) is 0 Å². The summed E-state index contributed by atoms with van der Waals surface area (Å²) in [5.41, 5.74) is 0.187. The first-order valence-electron chi connectivity index (χ1n) is 10.8. The molecule has 1 aromatic carbocycles. The van der Waals surface area contributed by atoms with Crippen molar-refractivity contribution in [1.82, 2.24) is 14.3 Å². The number of aromatic nitrogens is 2. The third kappa shape index (κ3) is 4.38. The second kappa shape index (κ2) is 8.87. The molecule has 0 radical (unpaired) electrons. The molecule has 2 aromatic heterocycles. The smallest absolute Gasteiger partial charge is 0.333 e. The normalized spacial score (nSPS) is 16.1. The molecule has 186 valence electrons. The fourth-order valence-corrected chi connectivity index (χ4v) is 5.60. The topological polar surface area (TPSA) is 87.8 Å². The van der Waals surface area contributed by atoms with Gasteiger partial charge in [-0.15, -0.1) is 0 Å². The number of alkyl halides is 3. The van der Waals surface area contributed by atoms with E-state index in [1.807, 2.05) is 6.07 Å². The number of nitrogens with one attached hydrogen (secondary N) is 1. The Balaban J connectivity index is 1.88. The summed E-state index contributed by atoms with van der Waals surface area (Å²) in [5, 5.41) is 9.97. The summed E-state index contributed by atoms with van der Waals surface area (Å²) < 4.78 is 96.1. The highest BCUT2D eigenvalue weighted by atomic mass is 32.2. The summed E-state index contributed by atoms with van der Waals surface area (Å²) in [6.07, 6.45) is -0.753. The van der Waals surface area contributed by atoms with Crippen LogP contribution in [0.25, 0.3) is 22.3 Å². The van der Waals surface area contributed by atoms with Gasteiger partial charge in [0.1, 0.15) is 22.8 Å². The predicted molar refractivity (Wildman–Crippen MR) is 118 cm³/mol. The van der Waals surface area contributed by atoms with Gasteiger partial charge in [0.05, 0.1) is 22.5 Å². The first-order valence-corrected chi connectivity index (χ1v) is 12.3. The van der Waals surface area contributed by atoms with Crippen molar-refractivity contribution in [3.8, 4) is 17.5 Å². The molecule has 1 N–H and O–H groups in total. The van der Waals surface area contributed by atoms with E-state index in [9.17, 15) is 31.2 Å². The third-order valence-electron chi connectivity index (χ3n) is 6.32. The minimum absolute atomic E-state index is 0.0170. The molecule has 1 saturated carbocycles. The second-order valence-corrected chi connectivity index (χ2v) is 10.3. The van der Waals surface area contributed by atoms with Gasteiger partial charge in [-0.1, -0.05) is 12.8 Å². The standard InChI is InChI=1S/C23H21F5N4O2S/c1-12-18(24)9-16-17(10-29)21(32(22(16)20(12)25)14-5-3-4-6-14)19-8-7-15(11-30-19)35(33,34)31-13(2)23(26,27)28/h7-9,11,13-14,31H,3-6H2,1-2H3. The van der Waals surface area contributed by atoms with Crippen molar-refractivity contribution in [2.75, 3.05) is 0 Å². The van der Waals surface area contributed by atoms with E-state index in [1.54, 1.807) is 9.29 Å².